The molecular weight excluding hydrogens is 502 g/mol. The molecule has 37 heavy (non-hydrogen) atoms. The fraction of sp³-hybridized carbons (Fsp3) is 0.120. The van der Waals surface area contributed by atoms with Crippen molar-refractivity contribution in [2.45, 2.75) is 0 Å². The van der Waals surface area contributed by atoms with Crippen LogP contribution in [-0.4, -0.2) is 30.3 Å². The van der Waals surface area contributed by atoms with Gasteiger partial charge in [0.15, 0.2) is 34.9 Å². The minimum absolute atomic E-state index is 0.0212. The van der Waals surface area contributed by atoms with Gasteiger partial charge < -0.3 is 20.1 Å². The van der Waals surface area contributed by atoms with Crippen molar-refractivity contribution in [2.24, 2.45) is 0 Å². The Bertz CT molecular complexity index is 1390. The molecule has 1 heterocycles. The van der Waals surface area contributed by atoms with Crippen LogP contribution in [0.5, 0.6) is 5.75 Å². The normalized spacial score (nSPS) is 10.9. The Kier molecular flexibility index (Phi) is 7.77. The van der Waals surface area contributed by atoms with Gasteiger partial charge in [-0.2, -0.15) is 4.98 Å². The molecule has 1 aromatic heterocycles. The highest BCUT2D eigenvalue weighted by Crippen LogP contribution is 2.33. The minimum Gasteiger partial charge on any atom is -0.491 e. The van der Waals surface area contributed by atoms with Gasteiger partial charge in [0.2, 0.25) is 11.8 Å². The average molecular weight is 520 g/mol. The van der Waals surface area contributed by atoms with Crippen LogP contribution in [0.25, 0.3) is 11.1 Å². The Morgan fingerprint density at radius 1 is 0.757 bits per heavy atom. The number of hydrogen-bond donors (Lipinski definition) is 2. The molecule has 6 nitrogen and oxygen atoms in total. The number of hydrogen-bond acceptors (Lipinski definition) is 6. The van der Waals surface area contributed by atoms with E-state index in [0.717, 1.165) is 18.3 Å². The molecule has 0 radical (unpaired) electrons. The molecule has 0 bridgehead atoms. The molecule has 4 rings (SSSR count). The van der Waals surface area contributed by atoms with Gasteiger partial charge in [-0.05, 0) is 42.0 Å². The zero-order valence-electron chi connectivity index (χ0n) is 19.1. The van der Waals surface area contributed by atoms with Crippen LogP contribution < -0.4 is 15.4 Å². The van der Waals surface area contributed by atoms with Gasteiger partial charge in [0.05, 0.1) is 18.4 Å². The summed E-state index contributed by atoms with van der Waals surface area (Å²) in [6.07, 6.45) is 0.897. The van der Waals surface area contributed by atoms with Gasteiger partial charge in [0, 0.05) is 18.5 Å². The smallest absolute Gasteiger partial charge is 0.229 e. The summed E-state index contributed by atoms with van der Waals surface area (Å²) in [5, 5.41) is 5.52. The monoisotopic (exact) mass is 520 g/mol. The van der Waals surface area contributed by atoms with Crippen molar-refractivity contribution in [3.8, 4) is 16.9 Å². The van der Waals surface area contributed by atoms with E-state index in [1.807, 2.05) is 0 Å². The largest absolute Gasteiger partial charge is 0.491 e. The lowest BCUT2D eigenvalue weighted by molar-refractivity contribution is 0.146. The number of methoxy groups -OCH3 is 1. The van der Waals surface area contributed by atoms with Crippen molar-refractivity contribution < 1.29 is 35.8 Å². The Morgan fingerprint density at radius 2 is 1.43 bits per heavy atom. The van der Waals surface area contributed by atoms with E-state index in [-0.39, 0.29) is 23.0 Å². The molecular formula is C25H18F6N4O2. The Hall–Kier alpha value is -4.32. The number of aromatic nitrogens is 2. The summed E-state index contributed by atoms with van der Waals surface area (Å²) < 4.78 is 93.9. The number of anilines is 4. The first kappa shape index (κ1) is 25.8. The first-order valence-corrected chi connectivity index (χ1v) is 10.7. The highest BCUT2D eigenvalue weighted by molar-refractivity contribution is 5.71. The molecule has 0 fully saturated rings. The summed E-state index contributed by atoms with van der Waals surface area (Å²) in [6, 6.07) is 11.7. The lowest BCUT2D eigenvalue weighted by Crippen LogP contribution is -2.05. The molecule has 0 aliphatic heterocycles. The van der Waals surface area contributed by atoms with E-state index in [4.69, 9.17) is 9.47 Å². The van der Waals surface area contributed by atoms with Gasteiger partial charge in [-0.1, -0.05) is 12.1 Å². The maximum Gasteiger partial charge on any atom is 0.229 e. The standard InChI is InChI=1S/C25H18F6N4O2/c1-36-9-10-37-16-7-5-14(6-8-16)34-25-32-12-17(26)24(35-25)33-15-4-2-3-13(11-15)18-19(27)21(29)23(31)22(30)20(18)28/h2-8,11-12H,9-10H2,1H3,(H2,32,33,34,35). The molecule has 0 amide bonds. The molecule has 0 spiro atoms. The van der Waals surface area contributed by atoms with Crippen LogP contribution in [0.2, 0.25) is 0 Å². The molecule has 192 valence electrons. The van der Waals surface area contributed by atoms with Crippen molar-refractivity contribution in [3.63, 3.8) is 0 Å². The minimum atomic E-state index is -2.26. The summed E-state index contributed by atoms with van der Waals surface area (Å²) in [6.45, 7) is 0.814. The molecule has 0 atom stereocenters. The zero-order valence-corrected chi connectivity index (χ0v) is 19.1. The fourth-order valence-electron chi connectivity index (χ4n) is 3.27. The van der Waals surface area contributed by atoms with Crippen LogP contribution in [-0.2, 0) is 4.74 Å². The lowest BCUT2D eigenvalue weighted by atomic mass is 10.0. The van der Waals surface area contributed by atoms with Crippen molar-refractivity contribution >= 4 is 23.1 Å². The van der Waals surface area contributed by atoms with E-state index in [1.165, 1.54) is 12.1 Å². The van der Waals surface area contributed by atoms with Crippen LogP contribution >= 0.6 is 0 Å². The van der Waals surface area contributed by atoms with Crippen LogP contribution in [0, 0.1) is 34.9 Å². The maximum atomic E-state index is 14.4. The third kappa shape index (κ3) is 5.75. The summed E-state index contributed by atoms with van der Waals surface area (Å²) in [5.74, 6) is -10.9. The van der Waals surface area contributed by atoms with Gasteiger partial charge in [0.25, 0.3) is 0 Å². The quantitative estimate of drug-likeness (QED) is 0.114. The first-order chi connectivity index (χ1) is 17.8. The number of ether oxygens (including phenoxy) is 2. The second-order valence-corrected chi connectivity index (χ2v) is 7.53. The van der Waals surface area contributed by atoms with Crippen LogP contribution in [0.15, 0.2) is 54.7 Å². The second kappa shape index (κ2) is 11.2. The Balaban J connectivity index is 1.55. The fourth-order valence-corrected chi connectivity index (χ4v) is 3.27. The molecule has 0 aliphatic rings. The molecule has 12 heteroatoms. The lowest BCUT2D eigenvalue weighted by Gasteiger charge is -2.12. The Labute approximate surface area is 206 Å². The van der Waals surface area contributed by atoms with Crippen molar-refractivity contribution in [2.75, 3.05) is 31.0 Å². The summed E-state index contributed by atoms with van der Waals surface area (Å²) in [4.78, 5) is 7.92. The maximum absolute atomic E-state index is 14.4. The number of rotatable bonds is 9. The van der Waals surface area contributed by atoms with E-state index in [9.17, 15) is 26.3 Å². The van der Waals surface area contributed by atoms with Crippen molar-refractivity contribution in [1.29, 1.82) is 0 Å². The molecule has 0 unspecified atom stereocenters. The average Bonchev–Trinajstić information content (AvgIpc) is 2.90. The van der Waals surface area contributed by atoms with E-state index in [0.29, 0.717) is 24.7 Å². The van der Waals surface area contributed by atoms with E-state index in [2.05, 4.69) is 20.6 Å². The van der Waals surface area contributed by atoms with Gasteiger partial charge >= 0.3 is 0 Å². The zero-order chi connectivity index (χ0) is 26.5. The molecule has 3 aromatic carbocycles. The highest BCUT2D eigenvalue weighted by Gasteiger charge is 2.26. The number of benzene rings is 3. The topological polar surface area (TPSA) is 68.3 Å². The van der Waals surface area contributed by atoms with Crippen molar-refractivity contribution in [3.05, 3.63) is 89.6 Å². The number of halogens is 6. The highest BCUT2D eigenvalue weighted by atomic mass is 19.2. The summed E-state index contributed by atoms with van der Waals surface area (Å²) in [5.41, 5.74) is -0.786. The van der Waals surface area contributed by atoms with Gasteiger partial charge in [-0.15, -0.1) is 0 Å². The second-order valence-electron chi connectivity index (χ2n) is 7.53. The summed E-state index contributed by atoms with van der Waals surface area (Å²) >= 11 is 0. The van der Waals surface area contributed by atoms with Crippen molar-refractivity contribution in [1.82, 2.24) is 9.97 Å². The third-order valence-electron chi connectivity index (χ3n) is 5.03. The van der Waals surface area contributed by atoms with E-state index < -0.39 is 40.5 Å². The van der Waals surface area contributed by atoms with E-state index in [1.54, 1.807) is 31.4 Å². The predicted molar refractivity (Wildman–Crippen MR) is 124 cm³/mol. The van der Waals surface area contributed by atoms with Crippen LogP contribution in [0.4, 0.5) is 49.5 Å². The summed E-state index contributed by atoms with van der Waals surface area (Å²) in [7, 11) is 1.56. The SMILES string of the molecule is COCCOc1ccc(Nc2ncc(F)c(Nc3cccc(-c4c(F)c(F)c(F)c(F)c4F)c3)n2)cc1. The Morgan fingerprint density at radius 3 is 2.11 bits per heavy atom. The number of nitrogens with one attached hydrogen (secondary N) is 2. The molecule has 2 N–H and O–H groups in total. The van der Waals surface area contributed by atoms with Crippen LogP contribution in [0.3, 0.4) is 0 Å². The first-order valence-electron chi connectivity index (χ1n) is 10.7. The van der Waals surface area contributed by atoms with Gasteiger partial charge in [0.1, 0.15) is 12.4 Å². The third-order valence-corrected chi connectivity index (χ3v) is 5.03. The van der Waals surface area contributed by atoms with E-state index >= 15 is 0 Å². The molecule has 4 aromatic rings. The van der Waals surface area contributed by atoms with Gasteiger partial charge in [-0.25, -0.2) is 31.3 Å². The van der Waals surface area contributed by atoms with Crippen LogP contribution in [0.1, 0.15) is 0 Å². The number of nitrogens with zero attached hydrogens (tertiary/aromatic N) is 2. The molecule has 0 saturated carbocycles. The van der Waals surface area contributed by atoms with Gasteiger partial charge in [-0.3, -0.25) is 0 Å². The predicted octanol–water partition coefficient (Wildman–Crippen LogP) is 6.49. The molecule has 0 saturated heterocycles. The molecule has 0 aliphatic carbocycles.